The predicted molar refractivity (Wildman–Crippen MR) is 67.5 cm³/mol. The topological polar surface area (TPSA) is 39.6 Å². The van der Waals surface area contributed by atoms with E-state index < -0.39 is 18.8 Å². The normalized spacial score (nSPS) is 19.7. The Kier molecular flexibility index (Phi) is 4.32. The lowest BCUT2D eigenvalue weighted by molar-refractivity contribution is -0.146. The Morgan fingerprint density at radius 2 is 2.00 bits per heavy atom. The molecule has 1 unspecified atom stereocenters. The first-order valence-corrected chi connectivity index (χ1v) is 6.90. The van der Waals surface area contributed by atoms with Crippen LogP contribution >= 0.6 is 11.3 Å². The van der Waals surface area contributed by atoms with E-state index in [4.69, 9.17) is 0 Å². The molecule has 19 heavy (non-hydrogen) atoms. The van der Waals surface area contributed by atoms with Crippen LogP contribution in [0.1, 0.15) is 18.7 Å². The molecule has 1 aliphatic heterocycles. The number of halogens is 3. The molecule has 0 aliphatic carbocycles. The van der Waals surface area contributed by atoms with E-state index in [0.29, 0.717) is 31.9 Å². The molecule has 0 bridgehead atoms. The molecule has 2 heterocycles. The van der Waals surface area contributed by atoms with Gasteiger partial charge in [-0.1, -0.05) is 0 Å². The van der Waals surface area contributed by atoms with Crippen LogP contribution in [0.5, 0.6) is 0 Å². The molecule has 1 fully saturated rings. The molecule has 1 N–H and O–H groups in total. The number of hydrogen-bond donors (Lipinski definition) is 1. The van der Waals surface area contributed by atoms with E-state index in [-0.39, 0.29) is 0 Å². The Balaban J connectivity index is 1.89. The van der Waals surface area contributed by atoms with Crippen LogP contribution in [0.2, 0.25) is 0 Å². The molecule has 1 atom stereocenters. The summed E-state index contributed by atoms with van der Waals surface area (Å²) < 4.78 is 36.8. The molecule has 2 rings (SSSR count). The molecule has 1 aromatic rings. The summed E-state index contributed by atoms with van der Waals surface area (Å²) in [6.07, 6.45) is -4.75. The number of aromatic nitrogens is 1. The van der Waals surface area contributed by atoms with Gasteiger partial charge in [-0.2, -0.15) is 13.2 Å². The summed E-state index contributed by atoms with van der Waals surface area (Å²) >= 11 is 1.41. The Labute approximate surface area is 113 Å². The van der Waals surface area contributed by atoms with Gasteiger partial charge >= 0.3 is 6.18 Å². The number of hydrogen-bond acceptors (Lipinski definition) is 5. The van der Waals surface area contributed by atoms with E-state index in [9.17, 15) is 18.3 Å². The van der Waals surface area contributed by atoms with E-state index in [2.05, 4.69) is 4.98 Å². The van der Waals surface area contributed by atoms with Gasteiger partial charge in [0.25, 0.3) is 0 Å². The molecule has 1 saturated heterocycles. The minimum Gasteiger partial charge on any atom is -0.387 e. The number of rotatable bonds is 3. The Morgan fingerprint density at radius 1 is 1.37 bits per heavy atom. The lowest BCUT2D eigenvalue weighted by Gasteiger charge is -2.34. The minimum atomic E-state index is -4.14. The average molecular weight is 295 g/mol. The van der Waals surface area contributed by atoms with Crippen molar-refractivity contribution >= 4 is 16.5 Å². The molecule has 1 aliphatic rings. The second-order valence-corrected chi connectivity index (χ2v) is 5.45. The summed E-state index contributed by atoms with van der Waals surface area (Å²) in [5.41, 5.74) is 0.609. The van der Waals surface area contributed by atoms with Crippen molar-refractivity contribution in [2.45, 2.75) is 19.2 Å². The summed E-state index contributed by atoms with van der Waals surface area (Å²) in [5.74, 6) is 0. The van der Waals surface area contributed by atoms with Gasteiger partial charge in [-0.15, -0.1) is 11.3 Å². The molecule has 1 aromatic heterocycles. The quantitative estimate of drug-likeness (QED) is 0.924. The van der Waals surface area contributed by atoms with Crippen molar-refractivity contribution in [2.75, 3.05) is 37.6 Å². The number of thiazole rings is 1. The van der Waals surface area contributed by atoms with Crippen LogP contribution in [-0.4, -0.2) is 53.9 Å². The molecule has 0 aromatic carbocycles. The zero-order valence-corrected chi connectivity index (χ0v) is 11.3. The molecule has 8 heteroatoms. The first-order valence-electron chi connectivity index (χ1n) is 6.03. The van der Waals surface area contributed by atoms with Gasteiger partial charge in [0.15, 0.2) is 5.13 Å². The lowest BCUT2D eigenvalue weighted by atomic mass is 10.3. The van der Waals surface area contributed by atoms with Crippen LogP contribution in [0.15, 0.2) is 5.38 Å². The summed E-state index contributed by atoms with van der Waals surface area (Å²) in [5, 5.41) is 11.9. The summed E-state index contributed by atoms with van der Waals surface area (Å²) in [6.45, 7) is 2.61. The SMILES string of the molecule is CC(O)c1csc(N2CCN(CC(F)(F)F)CC2)n1. The van der Waals surface area contributed by atoms with Crippen LogP contribution in [0, 0.1) is 0 Å². The van der Waals surface area contributed by atoms with Gasteiger partial charge in [0.05, 0.1) is 18.3 Å². The highest BCUT2D eigenvalue weighted by Gasteiger charge is 2.32. The second-order valence-electron chi connectivity index (χ2n) is 4.61. The summed E-state index contributed by atoms with van der Waals surface area (Å²) in [4.78, 5) is 7.65. The zero-order chi connectivity index (χ0) is 14.0. The Hall–Kier alpha value is -0.860. The van der Waals surface area contributed by atoms with E-state index in [0.717, 1.165) is 5.13 Å². The third kappa shape index (κ3) is 4.05. The fourth-order valence-corrected chi connectivity index (χ4v) is 2.93. The Morgan fingerprint density at radius 3 is 2.47 bits per heavy atom. The first-order chi connectivity index (χ1) is 8.85. The third-order valence-corrected chi connectivity index (χ3v) is 3.90. The maximum atomic E-state index is 12.3. The highest BCUT2D eigenvalue weighted by Crippen LogP contribution is 2.25. The molecular weight excluding hydrogens is 279 g/mol. The van der Waals surface area contributed by atoms with Gasteiger partial charge in [-0.25, -0.2) is 4.98 Å². The van der Waals surface area contributed by atoms with Gasteiger partial charge in [-0.3, -0.25) is 4.90 Å². The van der Waals surface area contributed by atoms with E-state index in [1.807, 2.05) is 4.90 Å². The Bertz CT molecular complexity index is 414. The molecule has 0 saturated carbocycles. The minimum absolute atomic E-state index is 0.378. The highest BCUT2D eigenvalue weighted by atomic mass is 32.1. The lowest BCUT2D eigenvalue weighted by Crippen LogP contribution is -2.49. The van der Waals surface area contributed by atoms with Gasteiger partial charge in [0.2, 0.25) is 0 Å². The summed E-state index contributed by atoms with van der Waals surface area (Å²) in [7, 11) is 0. The van der Waals surface area contributed by atoms with Crippen LogP contribution in [0.3, 0.4) is 0 Å². The van der Waals surface area contributed by atoms with E-state index in [1.165, 1.54) is 16.2 Å². The number of alkyl halides is 3. The number of anilines is 1. The number of aliphatic hydroxyl groups excluding tert-OH is 1. The monoisotopic (exact) mass is 295 g/mol. The van der Waals surface area contributed by atoms with Crippen molar-refractivity contribution in [3.63, 3.8) is 0 Å². The fourth-order valence-electron chi connectivity index (χ4n) is 1.96. The average Bonchev–Trinajstić information content (AvgIpc) is 2.77. The van der Waals surface area contributed by atoms with Crippen molar-refractivity contribution in [3.05, 3.63) is 11.1 Å². The predicted octanol–water partition coefficient (Wildman–Crippen LogP) is 1.88. The molecule has 108 valence electrons. The van der Waals surface area contributed by atoms with Crippen molar-refractivity contribution in [2.24, 2.45) is 0 Å². The van der Waals surface area contributed by atoms with E-state index >= 15 is 0 Å². The van der Waals surface area contributed by atoms with Crippen LogP contribution < -0.4 is 4.90 Å². The number of aliphatic hydroxyl groups is 1. The molecule has 4 nitrogen and oxygen atoms in total. The fraction of sp³-hybridized carbons (Fsp3) is 0.727. The van der Waals surface area contributed by atoms with Crippen molar-refractivity contribution in [3.8, 4) is 0 Å². The molecular formula is C11H16F3N3OS. The van der Waals surface area contributed by atoms with Crippen molar-refractivity contribution in [1.29, 1.82) is 0 Å². The number of nitrogens with zero attached hydrogens (tertiary/aromatic N) is 3. The second kappa shape index (κ2) is 5.64. The van der Waals surface area contributed by atoms with E-state index in [1.54, 1.807) is 12.3 Å². The maximum absolute atomic E-state index is 12.3. The summed E-state index contributed by atoms with van der Waals surface area (Å²) in [6, 6.07) is 0. The van der Waals surface area contributed by atoms with Gasteiger partial charge in [-0.05, 0) is 6.92 Å². The first kappa shape index (κ1) is 14.5. The van der Waals surface area contributed by atoms with Crippen LogP contribution in [-0.2, 0) is 0 Å². The van der Waals surface area contributed by atoms with Crippen LogP contribution in [0.4, 0.5) is 18.3 Å². The van der Waals surface area contributed by atoms with Gasteiger partial charge in [0, 0.05) is 31.6 Å². The largest absolute Gasteiger partial charge is 0.401 e. The van der Waals surface area contributed by atoms with Crippen molar-refractivity contribution < 1.29 is 18.3 Å². The van der Waals surface area contributed by atoms with Crippen molar-refractivity contribution in [1.82, 2.24) is 9.88 Å². The van der Waals surface area contributed by atoms with Gasteiger partial charge in [0.1, 0.15) is 0 Å². The molecule has 0 spiro atoms. The third-order valence-electron chi connectivity index (χ3n) is 2.98. The zero-order valence-electron chi connectivity index (χ0n) is 10.5. The maximum Gasteiger partial charge on any atom is 0.401 e. The van der Waals surface area contributed by atoms with Crippen LogP contribution in [0.25, 0.3) is 0 Å². The smallest absolute Gasteiger partial charge is 0.387 e. The molecule has 0 amide bonds. The highest BCUT2D eigenvalue weighted by molar-refractivity contribution is 7.13. The van der Waals surface area contributed by atoms with Gasteiger partial charge < -0.3 is 10.0 Å². The number of piperazine rings is 1. The standard InChI is InChI=1S/C11H16F3N3OS/c1-8(18)9-6-19-10(15-9)17-4-2-16(3-5-17)7-11(12,13)14/h6,8,18H,2-5,7H2,1H3. The molecule has 0 radical (unpaired) electrons.